The molecule has 0 aromatic rings. The Morgan fingerprint density at radius 2 is 2.00 bits per heavy atom. The van der Waals surface area contributed by atoms with Crippen LogP contribution >= 0.6 is 0 Å². The lowest BCUT2D eigenvalue weighted by Crippen LogP contribution is -2.64. The molecule has 0 spiro atoms. The summed E-state index contributed by atoms with van der Waals surface area (Å²) in [4.78, 5) is 26.6. The van der Waals surface area contributed by atoms with Gasteiger partial charge in [0, 0.05) is 6.54 Å². The molecule has 108 valence electrons. The van der Waals surface area contributed by atoms with Crippen molar-refractivity contribution in [1.29, 1.82) is 0 Å². The molecule has 1 saturated carbocycles. The first-order valence-corrected chi connectivity index (χ1v) is 7.47. The second-order valence-electron chi connectivity index (χ2n) is 6.89. The van der Waals surface area contributed by atoms with Crippen LogP contribution in [0, 0.1) is 11.3 Å². The molecule has 2 atom stereocenters. The molecule has 0 aromatic heterocycles. The Labute approximate surface area is 115 Å². The van der Waals surface area contributed by atoms with Crippen molar-refractivity contribution < 1.29 is 9.59 Å². The summed E-state index contributed by atoms with van der Waals surface area (Å²) in [5.74, 6) is 0.552. The topological polar surface area (TPSA) is 49.4 Å². The van der Waals surface area contributed by atoms with Crippen LogP contribution in [0.25, 0.3) is 0 Å². The second kappa shape index (κ2) is 5.14. The van der Waals surface area contributed by atoms with Gasteiger partial charge in [-0.1, -0.05) is 27.7 Å². The van der Waals surface area contributed by atoms with Crippen LogP contribution in [0.3, 0.4) is 0 Å². The number of rotatable bonds is 5. The van der Waals surface area contributed by atoms with Crippen LogP contribution in [0.5, 0.6) is 0 Å². The fourth-order valence-corrected chi connectivity index (χ4v) is 2.83. The van der Waals surface area contributed by atoms with Crippen LogP contribution in [0.15, 0.2) is 0 Å². The van der Waals surface area contributed by atoms with Gasteiger partial charge in [0.1, 0.15) is 12.1 Å². The van der Waals surface area contributed by atoms with Gasteiger partial charge in [-0.05, 0) is 37.0 Å². The Kier molecular flexibility index (Phi) is 3.88. The van der Waals surface area contributed by atoms with Crippen molar-refractivity contribution in [2.75, 3.05) is 6.54 Å². The highest BCUT2D eigenvalue weighted by molar-refractivity contribution is 5.97. The highest BCUT2D eigenvalue weighted by Crippen LogP contribution is 2.46. The molecule has 2 rings (SSSR count). The fraction of sp³-hybridized carbons (Fsp3) is 0.867. The Morgan fingerprint density at radius 3 is 2.47 bits per heavy atom. The van der Waals surface area contributed by atoms with Crippen molar-refractivity contribution in [3.05, 3.63) is 0 Å². The average molecular weight is 266 g/mol. The molecule has 1 aliphatic carbocycles. The molecule has 0 bridgehead atoms. The van der Waals surface area contributed by atoms with Crippen molar-refractivity contribution in [3.8, 4) is 0 Å². The Bertz CT molecular complexity index is 374. The molecule has 1 aliphatic heterocycles. The monoisotopic (exact) mass is 266 g/mol. The van der Waals surface area contributed by atoms with Crippen molar-refractivity contribution in [1.82, 2.24) is 10.2 Å². The largest absolute Gasteiger partial charge is 0.342 e. The number of hydrogen-bond donors (Lipinski definition) is 1. The van der Waals surface area contributed by atoms with E-state index in [0.717, 1.165) is 13.0 Å². The molecular weight excluding hydrogens is 240 g/mol. The van der Waals surface area contributed by atoms with E-state index in [9.17, 15) is 9.59 Å². The molecule has 0 aromatic carbocycles. The maximum Gasteiger partial charge on any atom is 0.245 e. The van der Waals surface area contributed by atoms with E-state index in [2.05, 4.69) is 26.1 Å². The Balaban J connectivity index is 2.13. The third-order valence-corrected chi connectivity index (χ3v) is 4.33. The minimum Gasteiger partial charge on any atom is -0.342 e. The molecule has 2 amide bonds. The minimum atomic E-state index is -0.322. The van der Waals surface area contributed by atoms with Crippen molar-refractivity contribution in [3.63, 3.8) is 0 Å². The van der Waals surface area contributed by atoms with Gasteiger partial charge in [0.2, 0.25) is 11.8 Å². The van der Waals surface area contributed by atoms with Crippen LogP contribution in [0.1, 0.15) is 53.4 Å². The van der Waals surface area contributed by atoms with Gasteiger partial charge in [-0.3, -0.25) is 9.59 Å². The summed E-state index contributed by atoms with van der Waals surface area (Å²) in [7, 11) is 0. The zero-order valence-electron chi connectivity index (χ0n) is 12.5. The summed E-state index contributed by atoms with van der Waals surface area (Å²) < 4.78 is 0. The summed E-state index contributed by atoms with van der Waals surface area (Å²) in [5, 5.41) is 2.90. The SMILES string of the molecule is CCC1C(=O)NC(CC(C)C)C(=O)N1CC1(C)CC1. The maximum absolute atomic E-state index is 12.6. The fourth-order valence-electron chi connectivity index (χ4n) is 2.83. The van der Waals surface area contributed by atoms with Gasteiger partial charge in [-0.15, -0.1) is 0 Å². The molecule has 4 heteroatoms. The minimum absolute atomic E-state index is 0.0250. The third kappa shape index (κ3) is 3.10. The van der Waals surface area contributed by atoms with E-state index < -0.39 is 0 Å². The first-order chi connectivity index (χ1) is 8.86. The third-order valence-electron chi connectivity index (χ3n) is 4.33. The summed E-state index contributed by atoms with van der Waals surface area (Å²) >= 11 is 0. The quantitative estimate of drug-likeness (QED) is 0.826. The van der Waals surface area contributed by atoms with E-state index in [1.54, 1.807) is 0 Å². The summed E-state index contributed by atoms with van der Waals surface area (Å²) in [6.45, 7) is 9.08. The van der Waals surface area contributed by atoms with Crippen LogP contribution in [0.2, 0.25) is 0 Å². The molecule has 1 N–H and O–H groups in total. The lowest BCUT2D eigenvalue weighted by molar-refractivity contribution is -0.150. The first kappa shape index (κ1) is 14.4. The Hall–Kier alpha value is -1.06. The number of carbonyl (C=O) groups is 2. The van der Waals surface area contributed by atoms with Gasteiger partial charge in [0.15, 0.2) is 0 Å². The Morgan fingerprint density at radius 1 is 1.37 bits per heavy atom. The van der Waals surface area contributed by atoms with E-state index in [1.165, 1.54) is 12.8 Å². The number of nitrogens with one attached hydrogen (secondary N) is 1. The smallest absolute Gasteiger partial charge is 0.245 e. The van der Waals surface area contributed by atoms with Gasteiger partial charge < -0.3 is 10.2 Å². The second-order valence-corrected chi connectivity index (χ2v) is 6.89. The number of amides is 2. The molecule has 2 fully saturated rings. The van der Waals surface area contributed by atoms with E-state index in [1.807, 2.05) is 11.8 Å². The zero-order valence-corrected chi connectivity index (χ0v) is 12.5. The summed E-state index contributed by atoms with van der Waals surface area (Å²) in [5.41, 5.74) is 0.253. The molecule has 1 heterocycles. The van der Waals surface area contributed by atoms with Gasteiger partial charge in [0.25, 0.3) is 0 Å². The number of hydrogen-bond acceptors (Lipinski definition) is 2. The van der Waals surface area contributed by atoms with Crippen molar-refractivity contribution in [2.24, 2.45) is 11.3 Å². The molecule has 2 unspecified atom stereocenters. The standard InChI is InChI=1S/C15H26N2O2/c1-5-12-13(18)16-11(8-10(2)3)14(19)17(12)9-15(4)6-7-15/h10-12H,5-9H2,1-4H3,(H,16,18). The van der Waals surface area contributed by atoms with Crippen LogP contribution in [-0.2, 0) is 9.59 Å². The predicted octanol–water partition coefficient (Wildman–Crippen LogP) is 1.94. The van der Waals surface area contributed by atoms with E-state index in [4.69, 9.17) is 0 Å². The van der Waals surface area contributed by atoms with E-state index in [0.29, 0.717) is 12.3 Å². The highest BCUT2D eigenvalue weighted by atomic mass is 16.2. The average Bonchev–Trinajstić information content (AvgIpc) is 3.03. The van der Waals surface area contributed by atoms with Gasteiger partial charge in [-0.25, -0.2) is 0 Å². The summed E-state index contributed by atoms with van der Waals surface area (Å²) in [6, 6.07) is -0.592. The van der Waals surface area contributed by atoms with Crippen molar-refractivity contribution in [2.45, 2.75) is 65.5 Å². The van der Waals surface area contributed by atoms with Gasteiger partial charge in [0.05, 0.1) is 0 Å². The molecule has 4 nitrogen and oxygen atoms in total. The summed E-state index contributed by atoms with van der Waals surface area (Å²) in [6.07, 6.45) is 3.77. The number of carbonyl (C=O) groups excluding carboxylic acids is 2. The van der Waals surface area contributed by atoms with Gasteiger partial charge >= 0.3 is 0 Å². The highest BCUT2D eigenvalue weighted by Gasteiger charge is 2.46. The first-order valence-electron chi connectivity index (χ1n) is 7.47. The predicted molar refractivity (Wildman–Crippen MR) is 74.5 cm³/mol. The molecule has 1 saturated heterocycles. The number of piperazine rings is 1. The van der Waals surface area contributed by atoms with Crippen LogP contribution in [0.4, 0.5) is 0 Å². The van der Waals surface area contributed by atoms with E-state index >= 15 is 0 Å². The molecule has 19 heavy (non-hydrogen) atoms. The lowest BCUT2D eigenvalue weighted by atomic mass is 9.96. The molecule has 0 radical (unpaired) electrons. The van der Waals surface area contributed by atoms with Gasteiger partial charge in [-0.2, -0.15) is 0 Å². The van der Waals surface area contributed by atoms with Crippen molar-refractivity contribution >= 4 is 11.8 Å². The molecule has 2 aliphatic rings. The molecular formula is C15H26N2O2. The normalized spacial score (nSPS) is 29.6. The van der Waals surface area contributed by atoms with Crippen LogP contribution < -0.4 is 5.32 Å². The maximum atomic E-state index is 12.6. The van der Waals surface area contributed by atoms with E-state index in [-0.39, 0.29) is 29.3 Å². The zero-order chi connectivity index (χ0) is 14.2. The lowest BCUT2D eigenvalue weighted by Gasteiger charge is -2.40. The number of nitrogens with zero attached hydrogens (tertiary/aromatic N) is 1. The van der Waals surface area contributed by atoms with Crippen LogP contribution in [-0.4, -0.2) is 35.3 Å².